The summed E-state index contributed by atoms with van der Waals surface area (Å²) in [6.07, 6.45) is 7.90. The van der Waals surface area contributed by atoms with Crippen LogP contribution in [0.1, 0.15) is 44.1 Å². The van der Waals surface area contributed by atoms with Crippen LogP contribution in [0.15, 0.2) is 24.3 Å². The van der Waals surface area contributed by atoms with Gasteiger partial charge in [-0.25, -0.2) is 0 Å². The third-order valence-corrected chi connectivity index (χ3v) is 9.93. The first-order chi connectivity index (χ1) is 13.2. The van der Waals surface area contributed by atoms with Crippen molar-refractivity contribution in [3.8, 4) is 5.75 Å². The Balaban J connectivity index is 1.36. The molecule has 0 radical (unpaired) electrons. The molecule has 28 heavy (non-hydrogen) atoms. The van der Waals surface area contributed by atoms with Gasteiger partial charge in [0.1, 0.15) is 5.75 Å². The van der Waals surface area contributed by atoms with Gasteiger partial charge in [-0.15, -0.1) is 0 Å². The van der Waals surface area contributed by atoms with Crippen molar-refractivity contribution in [2.45, 2.75) is 49.4 Å². The van der Waals surface area contributed by atoms with Gasteiger partial charge < -0.3 is 4.18 Å². The summed E-state index contributed by atoms with van der Waals surface area (Å²) in [6, 6.07) is 6.50. The molecule has 7 aliphatic carbocycles. The molecule has 0 spiro atoms. The van der Waals surface area contributed by atoms with Crippen LogP contribution in [-0.2, 0) is 15.5 Å². The van der Waals surface area contributed by atoms with Gasteiger partial charge in [-0.3, -0.25) is 0 Å². The second-order valence-electron chi connectivity index (χ2n) is 9.87. The van der Waals surface area contributed by atoms with Crippen LogP contribution >= 0.6 is 0 Å². The Labute approximate surface area is 162 Å². The number of halogens is 3. The Hall–Kier alpha value is -1.24. The van der Waals surface area contributed by atoms with Gasteiger partial charge in [0, 0.05) is 5.41 Å². The number of rotatable bonds is 3. The number of hydrogen-bond donors (Lipinski definition) is 0. The minimum absolute atomic E-state index is 0.144. The molecule has 7 fully saturated rings. The van der Waals surface area contributed by atoms with Crippen LogP contribution in [0.2, 0.25) is 0 Å². The zero-order valence-electron chi connectivity index (χ0n) is 15.4. The molecule has 0 amide bonds. The van der Waals surface area contributed by atoms with Gasteiger partial charge in [0.25, 0.3) is 0 Å². The van der Waals surface area contributed by atoms with E-state index in [0.29, 0.717) is 11.8 Å². The molecule has 4 atom stereocenters. The van der Waals surface area contributed by atoms with E-state index in [-0.39, 0.29) is 11.2 Å². The molecule has 7 heteroatoms. The lowest BCUT2D eigenvalue weighted by Crippen LogP contribution is -2.69. The van der Waals surface area contributed by atoms with Gasteiger partial charge >= 0.3 is 15.6 Å². The Kier molecular flexibility index (Phi) is 3.31. The first-order valence-electron chi connectivity index (χ1n) is 10.3. The van der Waals surface area contributed by atoms with Gasteiger partial charge in [0.05, 0.1) is 0 Å². The summed E-state index contributed by atoms with van der Waals surface area (Å²) in [7, 11) is -5.63. The van der Waals surface area contributed by atoms with Crippen LogP contribution in [0, 0.1) is 41.4 Å². The molecule has 0 aliphatic heterocycles. The lowest BCUT2D eigenvalue weighted by atomic mass is 9.30. The SMILES string of the molecule is O=S(=O)(Oc1ccc(C23CC4CC5C6CC(CC52)CC3C6C4)cc1)C(F)(F)F. The third kappa shape index (κ3) is 2.09. The predicted molar refractivity (Wildman–Crippen MR) is 95.9 cm³/mol. The van der Waals surface area contributed by atoms with E-state index in [1.807, 2.05) is 12.1 Å². The second-order valence-corrected chi connectivity index (χ2v) is 11.4. The topological polar surface area (TPSA) is 43.4 Å². The molecule has 1 aromatic carbocycles. The smallest absolute Gasteiger partial charge is 0.376 e. The van der Waals surface area contributed by atoms with Crippen molar-refractivity contribution in [1.29, 1.82) is 0 Å². The molecule has 7 saturated carbocycles. The monoisotopic (exact) mass is 412 g/mol. The molecule has 1 aromatic rings. The zero-order chi connectivity index (χ0) is 19.5. The molecule has 152 valence electrons. The summed E-state index contributed by atoms with van der Waals surface area (Å²) in [5.74, 6) is 5.26. The molecular formula is C21H23F3O3S. The second kappa shape index (κ2) is 5.27. The Morgan fingerprint density at radius 2 is 1.43 bits per heavy atom. The van der Waals surface area contributed by atoms with E-state index < -0.39 is 15.6 Å². The maximum absolute atomic E-state index is 12.6. The fourth-order valence-corrected chi connectivity index (χ4v) is 8.96. The van der Waals surface area contributed by atoms with Crippen LogP contribution < -0.4 is 4.18 Å². The van der Waals surface area contributed by atoms with Crippen LogP contribution in [0.25, 0.3) is 0 Å². The van der Waals surface area contributed by atoms with E-state index >= 15 is 0 Å². The molecular weight excluding hydrogens is 389 g/mol. The van der Waals surface area contributed by atoms with Gasteiger partial charge in [0.15, 0.2) is 0 Å². The zero-order valence-corrected chi connectivity index (χ0v) is 16.2. The minimum atomic E-state index is -5.63. The van der Waals surface area contributed by atoms with E-state index in [0.717, 1.165) is 29.6 Å². The van der Waals surface area contributed by atoms with Crippen LogP contribution in [-0.4, -0.2) is 13.9 Å². The molecule has 7 aliphatic rings. The average Bonchev–Trinajstić information content (AvgIpc) is 2.64. The maximum atomic E-state index is 12.6. The molecule has 8 rings (SSSR count). The molecule has 0 N–H and O–H groups in total. The largest absolute Gasteiger partial charge is 0.534 e. The van der Waals surface area contributed by atoms with E-state index in [9.17, 15) is 21.6 Å². The number of alkyl halides is 3. The summed E-state index contributed by atoms with van der Waals surface area (Å²) < 4.78 is 64.6. The molecule has 8 bridgehead atoms. The first kappa shape index (κ1) is 17.6. The van der Waals surface area contributed by atoms with Crippen molar-refractivity contribution in [3.63, 3.8) is 0 Å². The average molecular weight is 412 g/mol. The molecule has 3 nitrogen and oxygen atoms in total. The Morgan fingerprint density at radius 3 is 2.00 bits per heavy atom. The van der Waals surface area contributed by atoms with E-state index in [1.165, 1.54) is 56.2 Å². The van der Waals surface area contributed by atoms with Gasteiger partial charge in [-0.2, -0.15) is 21.6 Å². The Morgan fingerprint density at radius 1 is 0.857 bits per heavy atom. The molecule has 0 aromatic heterocycles. The third-order valence-electron chi connectivity index (χ3n) is 8.96. The fourth-order valence-electron chi connectivity index (χ4n) is 8.50. The fraction of sp³-hybridized carbons (Fsp3) is 0.714. The minimum Gasteiger partial charge on any atom is -0.376 e. The summed E-state index contributed by atoms with van der Waals surface area (Å²) >= 11 is 0. The van der Waals surface area contributed by atoms with Crippen molar-refractivity contribution in [2.75, 3.05) is 0 Å². The van der Waals surface area contributed by atoms with E-state index in [4.69, 9.17) is 0 Å². The summed E-state index contributed by atoms with van der Waals surface area (Å²) in [5, 5.41) is 0. The highest BCUT2D eigenvalue weighted by atomic mass is 32.2. The van der Waals surface area contributed by atoms with Crippen molar-refractivity contribution >= 4 is 10.1 Å². The highest BCUT2D eigenvalue weighted by molar-refractivity contribution is 7.88. The summed E-state index contributed by atoms with van der Waals surface area (Å²) in [5.41, 5.74) is -4.08. The van der Waals surface area contributed by atoms with Crippen molar-refractivity contribution in [3.05, 3.63) is 29.8 Å². The Bertz CT molecular complexity index is 899. The van der Waals surface area contributed by atoms with Gasteiger partial charge in [-0.1, -0.05) is 12.1 Å². The van der Waals surface area contributed by atoms with Crippen molar-refractivity contribution < 1.29 is 25.8 Å². The highest BCUT2D eigenvalue weighted by Gasteiger charge is 2.70. The number of hydrogen-bond acceptors (Lipinski definition) is 3. The maximum Gasteiger partial charge on any atom is 0.534 e. The van der Waals surface area contributed by atoms with E-state index in [2.05, 4.69) is 4.18 Å². The van der Waals surface area contributed by atoms with Crippen LogP contribution in [0.3, 0.4) is 0 Å². The standard InChI is InChI=1S/C21H23F3O3S/c22-21(23,24)28(25,26)27-14-3-1-13(2-4-14)20-10-12-6-16-15-5-11(8-18(16)20)9-19(20)17(15)7-12/h1-4,11-12,15-19H,5-10H2. The summed E-state index contributed by atoms with van der Waals surface area (Å²) in [4.78, 5) is 0. The summed E-state index contributed by atoms with van der Waals surface area (Å²) in [6.45, 7) is 0. The quantitative estimate of drug-likeness (QED) is 0.525. The highest BCUT2D eigenvalue weighted by Crippen LogP contribution is 2.76. The predicted octanol–water partition coefficient (Wildman–Crippen LogP) is 4.87. The van der Waals surface area contributed by atoms with Crippen LogP contribution in [0.5, 0.6) is 5.75 Å². The van der Waals surface area contributed by atoms with Crippen molar-refractivity contribution in [1.82, 2.24) is 0 Å². The molecule has 4 unspecified atom stereocenters. The van der Waals surface area contributed by atoms with Gasteiger partial charge in [0.2, 0.25) is 0 Å². The van der Waals surface area contributed by atoms with Gasteiger partial charge in [-0.05, 0) is 97.6 Å². The van der Waals surface area contributed by atoms with E-state index in [1.54, 1.807) is 0 Å². The first-order valence-corrected chi connectivity index (χ1v) is 11.7. The van der Waals surface area contributed by atoms with Crippen molar-refractivity contribution in [2.24, 2.45) is 41.4 Å². The number of benzene rings is 1. The normalized spacial score (nSPS) is 45.6. The molecule has 0 saturated heterocycles. The molecule has 0 heterocycles. The lowest BCUT2D eigenvalue weighted by molar-refractivity contribution is -0.220. The van der Waals surface area contributed by atoms with Crippen LogP contribution in [0.4, 0.5) is 13.2 Å². The lowest BCUT2D eigenvalue weighted by Gasteiger charge is -2.74.